The normalized spacial score (nSPS) is 22.5. The van der Waals surface area contributed by atoms with Crippen LogP contribution in [0.4, 0.5) is 8.78 Å². The molecule has 3 nitrogen and oxygen atoms in total. The van der Waals surface area contributed by atoms with Crippen LogP contribution < -0.4 is 9.47 Å². The van der Waals surface area contributed by atoms with Gasteiger partial charge < -0.3 is 9.47 Å². The number of methoxy groups -OCH3 is 1. The molecule has 0 N–H and O–H groups in total. The van der Waals surface area contributed by atoms with Gasteiger partial charge in [0.05, 0.1) is 13.0 Å². The Morgan fingerprint density at radius 3 is 2.53 bits per heavy atom. The number of ether oxygens (including phenoxy) is 2. The van der Waals surface area contributed by atoms with Crippen molar-refractivity contribution in [1.82, 2.24) is 0 Å². The second-order valence-electron chi connectivity index (χ2n) is 8.11. The van der Waals surface area contributed by atoms with Crippen molar-refractivity contribution in [2.24, 2.45) is 17.8 Å². The average Bonchev–Trinajstić information content (AvgIpc) is 3.34. The van der Waals surface area contributed by atoms with Crippen LogP contribution in [0.25, 0.3) is 11.1 Å². The summed E-state index contributed by atoms with van der Waals surface area (Å²) in [6, 6.07) is 9.35. The van der Waals surface area contributed by atoms with Crippen LogP contribution in [-0.2, 0) is 4.79 Å². The zero-order chi connectivity index (χ0) is 21.3. The fraction of sp³-hybridized carbons (Fsp3) is 0.400. The van der Waals surface area contributed by atoms with Gasteiger partial charge in [0.15, 0.2) is 11.6 Å². The van der Waals surface area contributed by atoms with E-state index in [1.165, 1.54) is 24.8 Å². The molecule has 0 amide bonds. The largest absolute Gasteiger partial charge is 0.494 e. The van der Waals surface area contributed by atoms with E-state index in [2.05, 4.69) is 13.0 Å². The predicted molar refractivity (Wildman–Crippen MR) is 111 cm³/mol. The first-order valence-corrected chi connectivity index (χ1v) is 10.6. The van der Waals surface area contributed by atoms with Gasteiger partial charge >= 0.3 is 5.97 Å². The van der Waals surface area contributed by atoms with Gasteiger partial charge in [-0.25, -0.2) is 4.39 Å². The molecule has 0 aromatic heterocycles. The zero-order valence-corrected chi connectivity index (χ0v) is 17.3. The van der Waals surface area contributed by atoms with Crippen LogP contribution in [0.2, 0.25) is 0 Å². The number of rotatable bonds is 6. The van der Waals surface area contributed by atoms with Crippen molar-refractivity contribution in [2.45, 2.75) is 39.0 Å². The highest BCUT2D eigenvalue weighted by molar-refractivity contribution is 5.76. The van der Waals surface area contributed by atoms with Crippen molar-refractivity contribution in [1.29, 1.82) is 0 Å². The topological polar surface area (TPSA) is 35.5 Å². The Morgan fingerprint density at radius 2 is 1.83 bits per heavy atom. The molecule has 1 fully saturated rings. The van der Waals surface area contributed by atoms with E-state index in [0.29, 0.717) is 23.1 Å². The van der Waals surface area contributed by atoms with E-state index in [4.69, 9.17) is 9.47 Å². The van der Waals surface area contributed by atoms with Crippen molar-refractivity contribution in [2.75, 3.05) is 7.11 Å². The van der Waals surface area contributed by atoms with E-state index >= 15 is 0 Å². The van der Waals surface area contributed by atoms with Gasteiger partial charge in [0, 0.05) is 5.56 Å². The van der Waals surface area contributed by atoms with Crippen LogP contribution in [0.5, 0.6) is 11.5 Å². The number of hydrogen-bond acceptors (Lipinski definition) is 3. The molecule has 0 spiro atoms. The standard InChI is InChI=1S/C25H26F2O3/c1-3-4-15-7-10-20-18(15)11-12-21(20)25(28)30-17-8-5-16(6-9-17)19-13-14-22(29-2)24(27)23(19)26/h5-9,13-14,18,20-21H,3-4,10-12H2,1-2H3. The Kier molecular flexibility index (Phi) is 5.89. The molecule has 0 radical (unpaired) electrons. The molecule has 3 unspecified atom stereocenters. The zero-order valence-electron chi connectivity index (χ0n) is 17.3. The maximum Gasteiger partial charge on any atom is 0.314 e. The van der Waals surface area contributed by atoms with Crippen molar-refractivity contribution < 1.29 is 23.0 Å². The molecule has 0 bridgehead atoms. The molecular weight excluding hydrogens is 386 g/mol. The number of allylic oxidation sites excluding steroid dienone is 2. The Balaban J connectivity index is 1.43. The van der Waals surface area contributed by atoms with Gasteiger partial charge in [-0.1, -0.05) is 37.1 Å². The molecule has 2 aromatic carbocycles. The summed E-state index contributed by atoms with van der Waals surface area (Å²) in [7, 11) is 1.29. The van der Waals surface area contributed by atoms with Crippen molar-refractivity contribution in [3.05, 3.63) is 59.7 Å². The lowest BCUT2D eigenvalue weighted by Crippen LogP contribution is -2.25. The predicted octanol–water partition coefficient (Wildman–Crippen LogP) is 6.32. The summed E-state index contributed by atoms with van der Waals surface area (Å²) in [5.41, 5.74) is 2.14. The molecule has 1 saturated carbocycles. The Hall–Kier alpha value is -2.69. The van der Waals surface area contributed by atoms with Gasteiger partial charge in [-0.15, -0.1) is 0 Å². The number of halogens is 2. The summed E-state index contributed by atoms with van der Waals surface area (Å²) in [5.74, 6) is -1.09. The highest BCUT2D eigenvalue weighted by Gasteiger charge is 2.44. The van der Waals surface area contributed by atoms with Crippen LogP contribution in [-0.4, -0.2) is 13.1 Å². The molecule has 5 heteroatoms. The molecule has 30 heavy (non-hydrogen) atoms. The second kappa shape index (κ2) is 8.58. The van der Waals surface area contributed by atoms with Crippen LogP contribution in [0, 0.1) is 29.4 Å². The summed E-state index contributed by atoms with van der Waals surface area (Å²) >= 11 is 0. The molecule has 0 saturated heterocycles. The highest BCUT2D eigenvalue weighted by atomic mass is 19.2. The summed E-state index contributed by atoms with van der Waals surface area (Å²) in [4.78, 5) is 12.8. The second-order valence-corrected chi connectivity index (χ2v) is 8.11. The van der Waals surface area contributed by atoms with Gasteiger partial charge in [-0.3, -0.25) is 4.79 Å². The molecule has 0 aliphatic heterocycles. The number of hydrogen-bond donors (Lipinski definition) is 0. The minimum Gasteiger partial charge on any atom is -0.494 e. The van der Waals surface area contributed by atoms with Gasteiger partial charge in [-0.2, -0.15) is 4.39 Å². The number of carbonyl (C=O) groups is 1. The van der Waals surface area contributed by atoms with Crippen molar-refractivity contribution in [3.8, 4) is 22.6 Å². The third-order valence-corrected chi connectivity index (χ3v) is 6.44. The third kappa shape index (κ3) is 3.73. The van der Waals surface area contributed by atoms with Crippen molar-refractivity contribution in [3.63, 3.8) is 0 Å². The quantitative estimate of drug-likeness (QED) is 0.316. The Bertz CT molecular complexity index is 965. The van der Waals surface area contributed by atoms with Gasteiger partial charge in [0.1, 0.15) is 5.75 Å². The average molecular weight is 412 g/mol. The van der Waals surface area contributed by atoms with E-state index in [1.807, 2.05) is 0 Å². The van der Waals surface area contributed by atoms with E-state index < -0.39 is 11.6 Å². The monoisotopic (exact) mass is 412 g/mol. The summed E-state index contributed by atoms with van der Waals surface area (Å²) in [6.07, 6.45) is 7.44. The minimum absolute atomic E-state index is 0.0755. The molecule has 4 rings (SSSR count). The lowest BCUT2D eigenvalue weighted by Gasteiger charge is -2.19. The van der Waals surface area contributed by atoms with Crippen LogP contribution >= 0.6 is 0 Å². The number of esters is 1. The smallest absolute Gasteiger partial charge is 0.314 e. The fourth-order valence-corrected chi connectivity index (χ4v) is 4.97. The number of fused-ring (bicyclic) bond motifs is 1. The number of carbonyl (C=O) groups excluding carboxylic acids is 1. The first kappa shape index (κ1) is 20.6. The Labute approximate surface area is 175 Å². The SMILES string of the molecule is CCCC1=CCC2C(C(=O)Oc3ccc(-c4ccc(OC)c(F)c4F)cc3)CCC12. The van der Waals surface area contributed by atoms with Crippen molar-refractivity contribution >= 4 is 5.97 Å². The highest BCUT2D eigenvalue weighted by Crippen LogP contribution is 2.49. The molecule has 0 heterocycles. The Morgan fingerprint density at radius 1 is 1.07 bits per heavy atom. The molecular formula is C25H26F2O3. The molecule has 158 valence electrons. The first-order valence-electron chi connectivity index (χ1n) is 10.6. The summed E-state index contributed by atoms with van der Waals surface area (Å²) < 4.78 is 38.7. The van der Waals surface area contributed by atoms with E-state index in [-0.39, 0.29) is 23.2 Å². The third-order valence-electron chi connectivity index (χ3n) is 6.44. The van der Waals surface area contributed by atoms with Crippen LogP contribution in [0.15, 0.2) is 48.0 Å². The van der Waals surface area contributed by atoms with Crippen LogP contribution in [0.3, 0.4) is 0 Å². The fourth-order valence-electron chi connectivity index (χ4n) is 4.97. The van der Waals surface area contributed by atoms with E-state index in [9.17, 15) is 13.6 Å². The first-order chi connectivity index (χ1) is 14.5. The van der Waals surface area contributed by atoms with Gasteiger partial charge in [0.25, 0.3) is 0 Å². The molecule has 2 aliphatic carbocycles. The summed E-state index contributed by atoms with van der Waals surface area (Å²) in [5, 5.41) is 0. The minimum atomic E-state index is -1.02. The molecule has 2 aliphatic rings. The lowest BCUT2D eigenvalue weighted by molar-refractivity contribution is -0.140. The van der Waals surface area contributed by atoms with E-state index in [0.717, 1.165) is 32.1 Å². The maximum absolute atomic E-state index is 14.3. The number of benzene rings is 2. The maximum atomic E-state index is 14.3. The summed E-state index contributed by atoms with van der Waals surface area (Å²) in [6.45, 7) is 2.19. The van der Waals surface area contributed by atoms with Gasteiger partial charge in [-0.05, 0) is 67.3 Å². The molecule has 3 atom stereocenters. The lowest BCUT2D eigenvalue weighted by atomic mass is 9.88. The van der Waals surface area contributed by atoms with E-state index in [1.54, 1.807) is 24.3 Å². The van der Waals surface area contributed by atoms with Gasteiger partial charge in [0.2, 0.25) is 5.82 Å². The molecule has 2 aromatic rings. The van der Waals surface area contributed by atoms with Crippen LogP contribution in [0.1, 0.15) is 39.0 Å².